The number of anilines is 1. The Morgan fingerprint density at radius 1 is 1.00 bits per heavy atom. The molecule has 3 aromatic rings. The second-order valence-electron chi connectivity index (χ2n) is 7.63. The predicted molar refractivity (Wildman–Crippen MR) is 121 cm³/mol. The first-order valence-electron chi connectivity index (χ1n) is 9.91. The number of carbonyl (C=O) groups is 1. The smallest absolute Gasteiger partial charge is 0.416 e. The van der Waals surface area contributed by atoms with Crippen molar-refractivity contribution in [1.82, 2.24) is 5.32 Å². The van der Waals surface area contributed by atoms with Crippen LogP contribution in [0.25, 0.3) is 0 Å². The van der Waals surface area contributed by atoms with E-state index in [4.69, 9.17) is 16.3 Å². The molecule has 0 radical (unpaired) electrons. The van der Waals surface area contributed by atoms with Crippen molar-refractivity contribution >= 4 is 33.0 Å². The van der Waals surface area contributed by atoms with E-state index in [2.05, 4.69) is 5.32 Å². The number of sulfone groups is 1. The van der Waals surface area contributed by atoms with E-state index < -0.39 is 32.5 Å². The van der Waals surface area contributed by atoms with Crippen molar-refractivity contribution in [2.24, 2.45) is 0 Å². The van der Waals surface area contributed by atoms with Crippen LogP contribution >= 0.6 is 11.6 Å². The molecule has 4 rings (SSSR count). The van der Waals surface area contributed by atoms with Crippen LogP contribution in [0.5, 0.6) is 11.5 Å². The van der Waals surface area contributed by atoms with Crippen molar-refractivity contribution in [3.63, 3.8) is 0 Å². The third-order valence-corrected chi connectivity index (χ3v) is 7.19. The first kappa shape index (κ1) is 24.1. The van der Waals surface area contributed by atoms with E-state index in [9.17, 15) is 26.4 Å². The van der Waals surface area contributed by atoms with Gasteiger partial charge in [-0.1, -0.05) is 23.7 Å². The zero-order valence-corrected chi connectivity index (χ0v) is 19.2. The van der Waals surface area contributed by atoms with Gasteiger partial charge in [-0.05, 0) is 60.7 Å². The molecule has 0 saturated carbocycles. The van der Waals surface area contributed by atoms with Gasteiger partial charge >= 0.3 is 6.18 Å². The summed E-state index contributed by atoms with van der Waals surface area (Å²) in [7, 11) is -4.19. The molecule has 1 heterocycles. The first-order chi connectivity index (χ1) is 15.9. The number of nitrogens with one attached hydrogen (secondary N) is 1. The number of alkyl halides is 3. The van der Waals surface area contributed by atoms with Gasteiger partial charge in [0.25, 0.3) is 0 Å². The summed E-state index contributed by atoms with van der Waals surface area (Å²) in [5.41, 5.74) is -1.08. The highest BCUT2D eigenvalue weighted by atomic mass is 35.5. The second kappa shape index (κ2) is 8.61. The molecule has 178 valence electrons. The lowest BCUT2D eigenvalue weighted by atomic mass is 10.1. The zero-order valence-electron chi connectivity index (χ0n) is 17.6. The van der Waals surface area contributed by atoms with E-state index in [1.54, 1.807) is 24.3 Å². The SMILES string of the molecule is CS(=O)(=O)C1(c2cccc(C(F)(F)F)c2)NCC(=O)N1c1ccc(Oc2ccc(Cl)cc2)cc1. The molecule has 11 heteroatoms. The van der Waals surface area contributed by atoms with Gasteiger partial charge in [0, 0.05) is 22.5 Å². The van der Waals surface area contributed by atoms with Crippen molar-refractivity contribution in [3.05, 3.63) is 88.9 Å². The summed E-state index contributed by atoms with van der Waals surface area (Å²) in [6.07, 6.45) is -3.83. The molecule has 6 nitrogen and oxygen atoms in total. The van der Waals surface area contributed by atoms with Crippen molar-refractivity contribution in [2.75, 3.05) is 17.7 Å². The lowest BCUT2D eigenvalue weighted by Crippen LogP contribution is -2.55. The Morgan fingerprint density at radius 2 is 1.59 bits per heavy atom. The molecule has 0 spiro atoms. The van der Waals surface area contributed by atoms with Gasteiger partial charge in [-0.15, -0.1) is 0 Å². The number of hydrogen-bond acceptors (Lipinski definition) is 5. The predicted octanol–water partition coefficient (Wildman–Crippen LogP) is 4.94. The molecule has 1 fully saturated rings. The van der Waals surface area contributed by atoms with Gasteiger partial charge in [0.05, 0.1) is 12.1 Å². The van der Waals surface area contributed by atoms with Crippen molar-refractivity contribution < 1.29 is 31.1 Å². The van der Waals surface area contributed by atoms with Crippen LogP contribution in [0, 0.1) is 0 Å². The molecule has 1 unspecified atom stereocenters. The molecule has 1 amide bonds. The van der Waals surface area contributed by atoms with Crippen LogP contribution in [0.2, 0.25) is 5.02 Å². The number of carbonyl (C=O) groups excluding carboxylic acids is 1. The Bertz CT molecular complexity index is 1330. The zero-order chi connectivity index (χ0) is 24.7. The highest BCUT2D eigenvalue weighted by Crippen LogP contribution is 2.41. The van der Waals surface area contributed by atoms with E-state index in [1.165, 1.54) is 30.3 Å². The lowest BCUT2D eigenvalue weighted by molar-refractivity contribution is -0.137. The Labute approximate surface area is 198 Å². The van der Waals surface area contributed by atoms with Gasteiger partial charge in [0.15, 0.2) is 9.84 Å². The fourth-order valence-corrected chi connectivity index (χ4v) is 5.36. The molecule has 34 heavy (non-hydrogen) atoms. The summed E-state index contributed by atoms with van der Waals surface area (Å²) in [5.74, 6) is 0.287. The second-order valence-corrected chi connectivity index (χ2v) is 10.2. The van der Waals surface area contributed by atoms with Crippen molar-refractivity contribution in [2.45, 2.75) is 11.2 Å². The topological polar surface area (TPSA) is 75.7 Å². The summed E-state index contributed by atoms with van der Waals surface area (Å²) in [6.45, 7) is -0.383. The molecule has 0 bridgehead atoms. The molecule has 3 aromatic carbocycles. The van der Waals surface area contributed by atoms with Gasteiger partial charge in [-0.3, -0.25) is 15.0 Å². The average molecular weight is 511 g/mol. The number of nitrogens with zero attached hydrogens (tertiary/aromatic N) is 1. The number of ether oxygens (including phenoxy) is 1. The third-order valence-electron chi connectivity index (χ3n) is 5.31. The number of hydrogen-bond donors (Lipinski definition) is 1. The average Bonchev–Trinajstić information content (AvgIpc) is 3.14. The number of halogens is 4. The number of benzene rings is 3. The Hall–Kier alpha value is -3.08. The molecule has 1 aliphatic rings. The maximum atomic E-state index is 13.3. The summed E-state index contributed by atoms with van der Waals surface area (Å²) < 4.78 is 71.8. The molecule has 0 aliphatic carbocycles. The van der Waals surface area contributed by atoms with E-state index >= 15 is 0 Å². The van der Waals surface area contributed by atoms with Crippen LogP contribution in [0.15, 0.2) is 72.8 Å². The highest BCUT2D eigenvalue weighted by Gasteiger charge is 2.55. The minimum absolute atomic E-state index is 0.168. The van der Waals surface area contributed by atoms with Gasteiger partial charge in [0.2, 0.25) is 10.9 Å². The van der Waals surface area contributed by atoms with E-state index in [0.717, 1.165) is 29.4 Å². The maximum absolute atomic E-state index is 13.3. The monoisotopic (exact) mass is 510 g/mol. The quantitative estimate of drug-likeness (QED) is 0.526. The summed E-state index contributed by atoms with van der Waals surface area (Å²) in [4.78, 5) is 11.6. The van der Waals surface area contributed by atoms with Crippen LogP contribution in [-0.2, 0) is 25.8 Å². The Balaban J connectivity index is 1.76. The largest absolute Gasteiger partial charge is 0.457 e. The normalized spacial score (nSPS) is 18.9. The van der Waals surface area contributed by atoms with Crippen molar-refractivity contribution in [1.29, 1.82) is 0 Å². The molecular formula is C23H18ClF3N2O4S. The first-order valence-corrected chi connectivity index (χ1v) is 12.2. The minimum atomic E-state index is -4.69. The fraction of sp³-hybridized carbons (Fsp3) is 0.174. The third kappa shape index (κ3) is 4.36. The van der Waals surface area contributed by atoms with Crippen molar-refractivity contribution in [3.8, 4) is 11.5 Å². The van der Waals surface area contributed by atoms with Crippen LogP contribution < -0.4 is 15.0 Å². The molecule has 1 aliphatic heterocycles. The van der Waals surface area contributed by atoms with Gasteiger partial charge in [-0.25, -0.2) is 8.42 Å². The van der Waals surface area contributed by atoms with Crippen LogP contribution in [0.1, 0.15) is 11.1 Å². The summed E-state index contributed by atoms with van der Waals surface area (Å²) in [6, 6.07) is 16.5. The van der Waals surface area contributed by atoms with Crippen LogP contribution in [0.3, 0.4) is 0 Å². The maximum Gasteiger partial charge on any atom is 0.416 e. The summed E-state index contributed by atoms with van der Waals surface area (Å²) in [5, 5.41) is 3.18. The highest BCUT2D eigenvalue weighted by molar-refractivity contribution is 7.91. The Kier molecular flexibility index (Phi) is 6.09. The summed E-state index contributed by atoms with van der Waals surface area (Å²) >= 11 is 5.86. The molecule has 1 atom stereocenters. The number of amides is 1. The van der Waals surface area contributed by atoms with Gasteiger partial charge in [-0.2, -0.15) is 13.2 Å². The Morgan fingerprint density at radius 3 is 2.15 bits per heavy atom. The molecule has 0 aromatic heterocycles. The van der Waals surface area contributed by atoms with Crippen LogP contribution in [-0.4, -0.2) is 27.1 Å². The molecule has 1 saturated heterocycles. The number of rotatable bonds is 5. The molecule has 1 N–H and O–H groups in total. The van der Waals surface area contributed by atoms with Gasteiger partial charge < -0.3 is 4.74 Å². The minimum Gasteiger partial charge on any atom is -0.457 e. The lowest BCUT2D eigenvalue weighted by Gasteiger charge is -2.37. The standard InChI is InChI=1S/C23H18ClF3N2O4S/c1-34(31,32)23(16-4-2-3-15(13-16)22(25,26)27)28-14-21(30)29(23)18-7-11-20(12-8-18)33-19-9-5-17(24)6-10-19/h2-13,28H,14H2,1H3. The van der Waals surface area contributed by atoms with Crippen LogP contribution in [0.4, 0.5) is 18.9 Å². The molecular weight excluding hydrogens is 493 g/mol. The van der Waals surface area contributed by atoms with E-state index in [1.807, 2.05) is 0 Å². The van der Waals surface area contributed by atoms with Gasteiger partial charge in [0.1, 0.15) is 11.5 Å². The van der Waals surface area contributed by atoms with E-state index in [0.29, 0.717) is 16.5 Å². The van der Waals surface area contributed by atoms with E-state index in [-0.39, 0.29) is 17.8 Å². The fourth-order valence-electron chi connectivity index (χ4n) is 3.81.